The number of hydrogen-bond acceptors (Lipinski definition) is 3. The van der Waals surface area contributed by atoms with Gasteiger partial charge in [0.1, 0.15) is 0 Å². The molecule has 0 unspecified atom stereocenters. The average Bonchev–Trinajstić information content (AvgIpc) is 2.70. The molecule has 0 radical (unpaired) electrons. The zero-order valence-corrected chi connectivity index (χ0v) is 9.32. The fraction of sp³-hybridized carbons (Fsp3) is 0.545. The van der Waals surface area contributed by atoms with Gasteiger partial charge in [-0.15, -0.1) is 0 Å². The minimum Gasteiger partial charge on any atom is -0.469 e. The van der Waals surface area contributed by atoms with Crippen LogP contribution in [0.4, 0.5) is 0 Å². The lowest BCUT2D eigenvalue weighted by Gasteiger charge is -2.14. The van der Waals surface area contributed by atoms with Crippen molar-refractivity contribution in [2.24, 2.45) is 0 Å². The van der Waals surface area contributed by atoms with Crippen LogP contribution in [0.25, 0.3) is 0 Å². The highest BCUT2D eigenvalue weighted by Gasteiger charge is 2.03. The number of ether oxygens (including phenoxy) is 1. The Morgan fingerprint density at radius 3 is 3.00 bits per heavy atom. The third kappa shape index (κ3) is 4.65. The number of nitrogens with zero attached hydrogens (tertiary/aromatic N) is 1. The molecule has 4 heteroatoms. The van der Waals surface area contributed by atoms with E-state index in [4.69, 9.17) is 0 Å². The van der Waals surface area contributed by atoms with Crippen LogP contribution in [0, 0.1) is 0 Å². The van der Waals surface area contributed by atoms with Crippen LogP contribution in [0.3, 0.4) is 0 Å². The van der Waals surface area contributed by atoms with E-state index in [1.807, 2.05) is 19.4 Å². The SMILES string of the molecule is COC(=O)CCCN(C)Cc1cc[nH]c1. The highest BCUT2D eigenvalue weighted by atomic mass is 16.5. The second-order valence-corrected chi connectivity index (χ2v) is 3.64. The fourth-order valence-corrected chi connectivity index (χ4v) is 1.44. The number of H-pyrrole nitrogens is 1. The van der Waals surface area contributed by atoms with Crippen LogP contribution >= 0.6 is 0 Å². The van der Waals surface area contributed by atoms with E-state index in [0.29, 0.717) is 6.42 Å². The molecule has 0 spiro atoms. The molecule has 0 saturated carbocycles. The van der Waals surface area contributed by atoms with Gasteiger partial charge in [0.15, 0.2) is 0 Å². The van der Waals surface area contributed by atoms with Crippen molar-refractivity contribution in [1.82, 2.24) is 9.88 Å². The smallest absolute Gasteiger partial charge is 0.305 e. The van der Waals surface area contributed by atoms with Crippen molar-refractivity contribution in [2.45, 2.75) is 19.4 Å². The maximum absolute atomic E-state index is 10.9. The maximum atomic E-state index is 10.9. The number of aromatic amines is 1. The number of carbonyl (C=O) groups excluding carboxylic acids is 1. The molecule has 0 fully saturated rings. The topological polar surface area (TPSA) is 45.3 Å². The molecule has 0 aliphatic carbocycles. The first-order valence-corrected chi connectivity index (χ1v) is 5.09. The monoisotopic (exact) mass is 210 g/mol. The zero-order chi connectivity index (χ0) is 11.1. The predicted octanol–water partition coefficient (Wildman–Crippen LogP) is 1.40. The van der Waals surface area contributed by atoms with Crippen LogP contribution in [0.2, 0.25) is 0 Å². The van der Waals surface area contributed by atoms with Crippen molar-refractivity contribution in [3.05, 3.63) is 24.0 Å². The van der Waals surface area contributed by atoms with Gasteiger partial charge in [-0.1, -0.05) is 0 Å². The largest absolute Gasteiger partial charge is 0.469 e. The van der Waals surface area contributed by atoms with Gasteiger partial charge in [-0.3, -0.25) is 4.79 Å². The van der Waals surface area contributed by atoms with Gasteiger partial charge in [-0.05, 0) is 31.6 Å². The first-order valence-electron chi connectivity index (χ1n) is 5.09. The summed E-state index contributed by atoms with van der Waals surface area (Å²) in [4.78, 5) is 16.1. The molecule has 0 aliphatic rings. The van der Waals surface area contributed by atoms with E-state index in [9.17, 15) is 4.79 Å². The molecule has 1 rings (SSSR count). The van der Waals surface area contributed by atoms with E-state index in [0.717, 1.165) is 19.5 Å². The van der Waals surface area contributed by atoms with Gasteiger partial charge in [-0.25, -0.2) is 0 Å². The van der Waals surface area contributed by atoms with Gasteiger partial charge in [0.2, 0.25) is 0 Å². The summed E-state index contributed by atoms with van der Waals surface area (Å²) in [7, 11) is 3.47. The molecule has 4 nitrogen and oxygen atoms in total. The summed E-state index contributed by atoms with van der Waals surface area (Å²) < 4.78 is 4.58. The Morgan fingerprint density at radius 2 is 2.40 bits per heavy atom. The normalized spacial score (nSPS) is 10.6. The summed E-state index contributed by atoms with van der Waals surface area (Å²) in [5, 5.41) is 0. The molecule has 15 heavy (non-hydrogen) atoms. The molecule has 1 heterocycles. The molecular formula is C11H18N2O2. The number of rotatable bonds is 6. The zero-order valence-electron chi connectivity index (χ0n) is 9.32. The van der Waals surface area contributed by atoms with Crippen LogP contribution in [0.5, 0.6) is 0 Å². The lowest BCUT2D eigenvalue weighted by atomic mass is 10.2. The van der Waals surface area contributed by atoms with E-state index in [-0.39, 0.29) is 5.97 Å². The van der Waals surface area contributed by atoms with Crippen LogP contribution in [-0.2, 0) is 16.1 Å². The van der Waals surface area contributed by atoms with E-state index >= 15 is 0 Å². The van der Waals surface area contributed by atoms with Gasteiger partial charge in [0.25, 0.3) is 0 Å². The van der Waals surface area contributed by atoms with Gasteiger partial charge in [0.05, 0.1) is 7.11 Å². The predicted molar refractivity (Wildman–Crippen MR) is 58.4 cm³/mol. The van der Waals surface area contributed by atoms with Crippen molar-refractivity contribution in [2.75, 3.05) is 20.7 Å². The van der Waals surface area contributed by atoms with Crippen LogP contribution < -0.4 is 0 Å². The molecular weight excluding hydrogens is 192 g/mol. The fourth-order valence-electron chi connectivity index (χ4n) is 1.44. The third-order valence-corrected chi connectivity index (χ3v) is 2.26. The molecule has 0 aromatic carbocycles. The van der Waals surface area contributed by atoms with Crippen molar-refractivity contribution >= 4 is 5.97 Å². The molecule has 0 aliphatic heterocycles. The van der Waals surface area contributed by atoms with Crippen molar-refractivity contribution in [1.29, 1.82) is 0 Å². The van der Waals surface area contributed by atoms with Crippen LogP contribution in [0.1, 0.15) is 18.4 Å². The highest BCUT2D eigenvalue weighted by molar-refractivity contribution is 5.69. The first-order chi connectivity index (χ1) is 7.22. The van der Waals surface area contributed by atoms with Crippen molar-refractivity contribution in [3.63, 3.8) is 0 Å². The molecule has 0 amide bonds. The minimum absolute atomic E-state index is 0.134. The molecule has 1 aromatic rings. The first kappa shape index (κ1) is 11.8. The minimum atomic E-state index is -0.134. The molecule has 0 atom stereocenters. The summed E-state index contributed by atoms with van der Waals surface area (Å²) >= 11 is 0. The number of aromatic nitrogens is 1. The molecule has 84 valence electrons. The van der Waals surface area contributed by atoms with Crippen LogP contribution in [-0.4, -0.2) is 36.6 Å². The number of carbonyl (C=O) groups is 1. The van der Waals surface area contributed by atoms with Gasteiger partial charge in [-0.2, -0.15) is 0 Å². The molecule has 0 bridgehead atoms. The van der Waals surface area contributed by atoms with E-state index < -0.39 is 0 Å². The maximum Gasteiger partial charge on any atom is 0.305 e. The van der Waals surface area contributed by atoms with Crippen molar-refractivity contribution in [3.8, 4) is 0 Å². The summed E-state index contributed by atoms with van der Waals surface area (Å²) in [6.07, 6.45) is 5.23. The third-order valence-electron chi connectivity index (χ3n) is 2.26. The lowest BCUT2D eigenvalue weighted by molar-refractivity contribution is -0.140. The van der Waals surface area contributed by atoms with Gasteiger partial charge < -0.3 is 14.6 Å². The summed E-state index contributed by atoms with van der Waals surface area (Å²) in [6, 6.07) is 2.05. The van der Waals surface area contributed by atoms with Gasteiger partial charge in [0, 0.05) is 25.4 Å². The van der Waals surface area contributed by atoms with Gasteiger partial charge >= 0.3 is 5.97 Å². The summed E-state index contributed by atoms with van der Waals surface area (Å²) in [6.45, 7) is 1.81. The summed E-state index contributed by atoms with van der Waals surface area (Å²) in [5.74, 6) is -0.134. The Labute approximate surface area is 90.2 Å². The molecule has 1 aromatic heterocycles. The second kappa shape index (κ2) is 6.24. The number of nitrogens with one attached hydrogen (secondary N) is 1. The Balaban J connectivity index is 2.14. The van der Waals surface area contributed by atoms with E-state index in [1.54, 1.807) is 0 Å². The highest BCUT2D eigenvalue weighted by Crippen LogP contribution is 2.02. The molecule has 1 N–H and O–H groups in total. The molecule has 0 saturated heterocycles. The Bertz CT molecular complexity index is 283. The Kier molecular flexibility index (Phi) is 4.90. The number of esters is 1. The number of methoxy groups -OCH3 is 1. The quantitative estimate of drug-likeness (QED) is 0.722. The van der Waals surface area contributed by atoms with Crippen LogP contribution in [0.15, 0.2) is 18.5 Å². The standard InChI is InChI=1S/C11H18N2O2/c1-13(7-3-4-11(14)15-2)9-10-5-6-12-8-10/h5-6,8,12H,3-4,7,9H2,1-2H3. The second-order valence-electron chi connectivity index (χ2n) is 3.64. The summed E-state index contributed by atoms with van der Waals surface area (Å²) in [5.41, 5.74) is 1.26. The average molecular weight is 210 g/mol. The number of hydrogen-bond donors (Lipinski definition) is 1. The lowest BCUT2D eigenvalue weighted by Crippen LogP contribution is -2.19. The van der Waals surface area contributed by atoms with E-state index in [1.165, 1.54) is 12.7 Å². The Morgan fingerprint density at radius 1 is 1.60 bits per heavy atom. The Hall–Kier alpha value is -1.29. The van der Waals surface area contributed by atoms with Crippen molar-refractivity contribution < 1.29 is 9.53 Å². The van der Waals surface area contributed by atoms with E-state index in [2.05, 4.69) is 20.7 Å².